The van der Waals surface area contributed by atoms with Crippen LogP contribution in [-0.4, -0.2) is 28.0 Å². The van der Waals surface area contributed by atoms with Gasteiger partial charge in [0.05, 0.1) is 18.3 Å². The summed E-state index contributed by atoms with van der Waals surface area (Å²) in [6.07, 6.45) is 1.78. The maximum Gasteiger partial charge on any atom is 0.354 e. The van der Waals surface area contributed by atoms with Gasteiger partial charge >= 0.3 is 5.97 Å². The number of esters is 1. The molecule has 0 atom stereocenters. The van der Waals surface area contributed by atoms with Crippen molar-refractivity contribution in [3.63, 3.8) is 0 Å². The third kappa shape index (κ3) is 2.88. The molecule has 0 fully saturated rings. The zero-order valence-corrected chi connectivity index (χ0v) is 14.6. The molecule has 23 heavy (non-hydrogen) atoms. The smallest absolute Gasteiger partial charge is 0.354 e. The van der Waals surface area contributed by atoms with Gasteiger partial charge in [-0.05, 0) is 25.1 Å². The molecule has 0 bridgehead atoms. The van der Waals surface area contributed by atoms with Gasteiger partial charge < -0.3 is 9.30 Å². The van der Waals surface area contributed by atoms with E-state index in [-0.39, 0.29) is 5.97 Å². The van der Waals surface area contributed by atoms with Crippen molar-refractivity contribution in [1.29, 1.82) is 0 Å². The van der Waals surface area contributed by atoms with Gasteiger partial charge in [0.2, 0.25) is 0 Å². The molecular formula is C18H17BrN2O2. The van der Waals surface area contributed by atoms with Crippen LogP contribution in [0, 0.1) is 6.92 Å². The second-order valence-electron chi connectivity index (χ2n) is 5.32. The Hall–Kier alpha value is -2.14. The first-order chi connectivity index (χ1) is 11.2. The van der Waals surface area contributed by atoms with Crippen LogP contribution in [-0.2, 0) is 11.3 Å². The molecule has 0 unspecified atom stereocenters. The molecule has 0 saturated heterocycles. The van der Waals surface area contributed by atoms with Crippen LogP contribution in [0.5, 0.6) is 0 Å². The number of nitrogens with zero attached hydrogens (tertiary/aromatic N) is 2. The van der Waals surface area contributed by atoms with Crippen LogP contribution in [0.1, 0.15) is 16.1 Å². The number of methoxy groups -OCH3 is 1. The van der Waals surface area contributed by atoms with Crippen molar-refractivity contribution in [2.75, 3.05) is 12.4 Å². The number of hydrogen-bond donors (Lipinski definition) is 0. The van der Waals surface area contributed by atoms with Crippen LogP contribution < -0.4 is 0 Å². The van der Waals surface area contributed by atoms with E-state index in [9.17, 15) is 4.79 Å². The SMILES string of the molecule is COC(=O)c1cc2c(-c3cccc(C)c3)nccc2n1CCBr. The zero-order valence-electron chi connectivity index (χ0n) is 13.0. The van der Waals surface area contributed by atoms with Crippen LogP contribution in [0.2, 0.25) is 0 Å². The molecule has 0 N–H and O–H groups in total. The molecule has 0 radical (unpaired) electrons. The summed E-state index contributed by atoms with van der Waals surface area (Å²) in [5.41, 5.74) is 4.63. The van der Waals surface area contributed by atoms with E-state index in [0.29, 0.717) is 12.2 Å². The number of aromatic nitrogens is 2. The monoisotopic (exact) mass is 372 g/mol. The number of pyridine rings is 1. The molecule has 0 aliphatic carbocycles. The lowest BCUT2D eigenvalue weighted by Gasteiger charge is -2.08. The highest BCUT2D eigenvalue weighted by Gasteiger charge is 2.18. The molecule has 0 aliphatic heterocycles. The molecule has 0 aliphatic rings. The number of alkyl halides is 1. The molecular weight excluding hydrogens is 356 g/mol. The van der Waals surface area contributed by atoms with Gasteiger partial charge in [0.1, 0.15) is 5.69 Å². The number of aryl methyl sites for hydroxylation is 2. The Bertz CT molecular complexity index is 871. The van der Waals surface area contributed by atoms with E-state index in [0.717, 1.165) is 27.5 Å². The zero-order chi connectivity index (χ0) is 16.4. The summed E-state index contributed by atoms with van der Waals surface area (Å²) in [5, 5.41) is 1.71. The summed E-state index contributed by atoms with van der Waals surface area (Å²) in [6, 6.07) is 12.0. The van der Waals surface area contributed by atoms with Crippen LogP contribution in [0.25, 0.3) is 22.2 Å². The number of carbonyl (C=O) groups is 1. The van der Waals surface area contributed by atoms with Crippen LogP contribution >= 0.6 is 15.9 Å². The number of fused-ring (bicyclic) bond motifs is 1. The molecule has 5 heteroatoms. The maximum atomic E-state index is 12.1. The normalized spacial score (nSPS) is 10.9. The van der Waals surface area contributed by atoms with Crippen LogP contribution in [0.4, 0.5) is 0 Å². The van der Waals surface area contributed by atoms with Crippen molar-refractivity contribution >= 4 is 32.8 Å². The number of ether oxygens (including phenoxy) is 1. The fraction of sp³-hybridized carbons (Fsp3) is 0.222. The Morgan fingerprint density at radius 3 is 2.83 bits per heavy atom. The topological polar surface area (TPSA) is 44.1 Å². The van der Waals surface area contributed by atoms with Crippen LogP contribution in [0.3, 0.4) is 0 Å². The summed E-state index contributed by atoms with van der Waals surface area (Å²) >= 11 is 3.45. The summed E-state index contributed by atoms with van der Waals surface area (Å²) in [4.78, 5) is 16.6. The van der Waals surface area contributed by atoms with Crippen molar-refractivity contribution in [3.8, 4) is 11.3 Å². The highest BCUT2D eigenvalue weighted by Crippen LogP contribution is 2.30. The lowest BCUT2D eigenvalue weighted by atomic mass is 10.1. The Balaban J connectivity index is 2.27. The van der Waals surface area contributed by atoms with Crippen molar-refractivity contribution < 1.29 is 9.53 Å². The van der Waals surface area contributed by atoms with Crippen molar-refractivity contribution in [2.24, 2.45) is 0 Å². The average Bonchev–Trinajstić information content (AvgIpc) is 2.93. The Morgan fingerprint density at radius 2 is 2.13 bits per heavy atom. The predicted molar refractivity (Wildman–Crippen MR) is 95.0 cm³/mol. The van der Waals surface area contributed by atoms with E-state index in [4.69, 9.17) is 4.74 Å². The fourth-order valence-corrected chi connectivity index (χ4v) is 3.16. The fourth-order valence-electron chi connectivity index (χ4n) is 2.81. The minimum absolute atomic E-state index is 0.336. The minimum Gasteiger partial charge on any atom is -0.464 e. The largest absolute Gasteiger partial charge is 0.464 e. The van der Waals surface area contributed by atoms with Gasteiger partial charge in [-0.15, -0.1) is 0 Å². The lowest BCUT2D eigenvalue weighted by Crippen LogP contribution is -2.11. The Morgan fingerprint density at radius 1 is 1.30 bits per heavy atom. The quantitative estimate of drug-likeness (QED) is 0.509. The highest BCUT2D eigenvalue weighted by atomic mass is 79.9. The first kappa shape index (κ1) is 15.7. The first-order valence-electron chi connectivity index (χ1n) is 7.35. The molecule has 0 spiro atoms. The summed E-state index contributed by atoms with van der Waals surface area (Å²) < 4.78 is 6.89. The molecule has 4 nitrogen and oxygen atoms in total. The van der Waals surface area contributed by atoms with Gasteiger partial charge in [-0.2, -0.15) is 0 Å². The van der Waals surface area contributed by atoms with Crippen LogP contribution in [0.15, 0.2) is 42.6 Å². The van der Waals surface area contributed by atoms with E-state index < -0.39 is 0 Å². The molecule has 0 amide bonds. The molecule has 0 saturated carbocycles. The van der Waals surface area contributed by atoms with Crippen molar-refractivity contribution in [3.05, 3.63) is 53.9 Å². The third-order valence-corrected chi connectivity index (χ3v) is 4.18. The summed E-state index contributed by atoms with van der Waals surface area (Å²) in [6.45, 7) is 2.74. The third-order valence-electron chi connectivity index (χ3n) is 3.82. The first-order valence-corrected chi connectivity index (χ1v) is 8.47. The van der Waals surface area contributed by atoms with E-state index in [2.05, 4.69) is 40.0 Å². The second kappa shape index (κ2) is 6.54. The van der Waals surface area contributed by atoms with Gasteiger partial charge in [0.15, 0.2) is 0 Å². The standard InChI is InChI=1S/C18H17BrN2O2/c1-12-4-3-5-13(10-12)17-14-11-16(18(22)23-2)21(9-7-19)15(14)6-8-20-17/h3-6,8,10-11H,7,9H2,1-2H3. The number of halogens is 1. The summed E-state index contributed by atoms with van der Waals surface area (Å²) in [5.74, 6) is -0.336. The highest BCUT2D eigenvalue weighted by molar-refractivity contribution is 9.09. The Labute approximate surface area is 143 Å². The van der Waals surface area contributed by atoms with Crippen molar-refractivity contribution in [2.45, 2.75) is 13.5 Å². The number of benzene rings is 1. The van der Waals surface area contributed by atoms with E-state index in [1.807, 2.05) is 28.8 Å². The number of carbonyl (C=O) groups excluding carboxylic acids is 1. The van der Waals surface area contributed by atoms with E-state index >= 15 is 0 Å². The van der Waals surface area contributed by atoms with Crippen molar-refractivity contribution in [1.82, 2.24) is 9.55 Å². The molecule has 3 rings (SSSR count). The van der Waals surface area contributed by atoms with Gasteiger partial charge in [-0.3, -0.25) is 4.98 Å². The molecule has 2 heterocycles. The van der Waals surface area contributed by atoms with E-state index in [1.54, 1.807) is 6.20 Å². The molecule has 3 aromatic rings. The molecule has 1 aromatic carbocycles. The van der Waals surface area contributed by atoms with Gasteiger partial charge in [0, 0.05) is 29.0 Å². The summed E-state index contributed by atoms with van der Waals surface area (Å²) in [7, 11) is 1.40. The maximum absolute atomic E-state index is 12.1. The number of rotatable bonds is 4. The lowest BCUT2D eigenvalue weighted by molar-refractivity contribution is 0.0589. The Kier molecular flexibility index (Phi) is 4.48. The molecule has 2 aromatic heterocycles. The average molecular weight is 373 g/mol. The van der Waals surface area contributed by atoms with Gasteiger partial charge in [0.25, 0.3) is 0 Å². The van der Waals surface area contributed by atoms with Gasteiger partial charge in [-0.1, -0.05) is 39.7 Å². The second-order valence-corrected chi connectivity index (χ2v) is 6.12. The number of hydrogen-bond acceptors (Lipinski definition) is 3. The molecule has 118 valence electrons. The predicted octanol–water partition coefficient (Wildman–Crippen LogP) is 4.19. The van der Waals surface area contributed by atoms with E-state index in [1.165, 1.54) is 12.7 Å². The minimum atomic E-state index is -0.336. The van der Waals surface area contributed by atoms with Gasteiger partial charge in [-0.25, -0.2) is 4.79 Å².